The van der Waals surface area contributed by atoms with E-state index in [1.807, 2.05) is 0 Å². The van der Waals surface area contributed by atoms with Gasteiger partial charge in [-0.3, -0.25) is 14.5 Å². The lowest BCUT2D eigenvalue weighted by Crippen LogP contribution is -2.51. The van der Waals surface area contributed by atoms with Gasteiger partial charge in [-0.2, -0.15) is 5.10 Å². The van der Waals surface area contributed by atoms with Crippen LogP contribution in [0, 0.1) is 0 Å². The first-order valence-electron chi connectivity index (χ1n) is 6.58. The van der Waals surface area contributed by atoms with Crippen LogP contribution in [0.15, 0.2) is 5.10 Å². The lowest BCUT2D eigenvalue weighted by atomic mass is 10.1. The number of carbonyl (C=O) groups excluding carboxylic acids is 2. The smallest absolute Gasteiger partial charge is 0.270 e. The van der Waals surface area contributed by atoms with Crippen molar-refractivity contribution >= 4 is 17.5 Å². The van der Waals surface area contributed by atoms with Crippen molar-refractivity contribution in [2.75, 3.05) is 46.4 Å². The molecule has 1 N–H and O–H groups in total. The molecule has 1 saturated heterocycles. The fourth-order valence-corrected chi connectivity index (χ4v) is 2.32. The van der Waals surface area contributed by atoms with E-state index >= 15 is 0 Å². The second-order valence-electron chi connectivity index (χ2n) is 4.82. The van der Waals surface area contributed by atoms with Gasteiger partial charge in [-0.15, -0.1) is 0 Å². The molecule has 2 aliphatic rings. The van der Waals surface area contributed by atoms with Crippen LogP contribution in [-0.4, -0.2) is 83.8 Å². The molecule has 2 amide bonds. The normalized spacial score (nSPS) is 21.6. The number of piperazine rings is 1. The van der Waals surface area contributed by atoms with E-state index in [2.05, 4.69) is 10.0 Å². The molecule has 0 aromatic heterocycles. The Morgan fingerprint density at radius 3 is 2.53 bits per heavy atom. The zero-order chi connectivity index (χ0) is 13.8. The van der Waals surface area contributed by atoms with Crippen LogP contribution in [0.25, 0.3) is 0 Å². The van der Waals surface area contributed by atoms with Crippen molar-refractivity contribution in [3.8, 4) is 0 Å². The van der Waals surface area contributed by atoms with E-state index < -0.39 is 0 Å². The highest BCUT2D eigenvalue weighted by Crippen LogP contribution is 2.11. The highest BCUT2D eigenvalue weighted by Gasteiger charge is 2.27. The number of rotatable bonds is 3. The van der Waals surface area contributed by atoms with Gasteiger partial charge < -0.3 is 10.0 Å². The Balaban J connectivity index is 1.91. The zero-order valence-corrected chi connectivity index (χ0v) is 11.2. The fraction of sp³-hybridized carbons (Fsp3) is 0.750. The number of carbonyl (C=O) groups is 2. The first kappa shape index (κ1) is 14.0. The van der Waals surface area contributed by atoms with Crippen LogP contribution < -0.4 is 0 Å². The maximum Gasteiger partial charge on any atom is 0.270 e. The van der Waals surface area contributed by atoms with Gasteiger partial charge in [0.05, 0.1) is 6.61 Å². The summed E-state index contributed by atoms with van der Waals surface area (Å²) in [5.74, 6) is -0.118. The van der Waals surface area contributed by atoms with Gasteiger partial charge in [0.2, 0.25) is 5.91 Å². The summed E-state index contributed by atoms with van der Waals surface area (Å²) < 4.78 is 0. The van der Waals surface area contributed by atoms with Gasteiger partial charge >= 0.3 is 0 Å². The van der Waals surface area contributed by atoms with Crippen LogP contribution >= 0.6 is 0 Å². The van der Waals surface area contributed by atoms with E-state index in [1.165, 1.54) is 5.01 Å². The Hall–Kier alpha value is -1.47. The van der Waals surface area contributed by atoms with Gasteiger partial charge in [-0.1, -0.05) is 0 Å². The van der Waals surface area contributed by atoms with Crippen molar-refractivity contribution in [1.29, 1.82) is 0 Å². The Labute approximate surface area is 112 Å². The minimum absolute atomic E-state index is 0.0516. The molecule has 0 spiro atoms. The Morgan fingerprint density at radius 2 is 1.95 bits per heavy atom. The van der Waals surface area contributed by atoms with E-state index in [0.717, 1.165) is 13.1 Å². The molecular formula is C12H20N4O3. The molecule has 0 radical (unpaired) electrons. The predicted molar refractivity (Wildman–Crippen MR) is 69.5 cm³/mol. The van der Waals surface area contributed by atoms with Gasteiger partial charge in [0, 0.05) is 52.6 Å². The topological polar surface area (TPSA) is 76.5 Å². The minimum Gasteiger partial charge on any atom is -0.395 e. The third-order valence-electron chi connectivity index (χ3n) is 3.53. The molecule has 2 heterocycles. The molecule has 2 aliphatic heterocycles. The van der Waals surface area contributed by atoms with Crippen LogP contribution in [0.2, 0.25) is 0 Å². The van der Waals surface area contributed by atoms with Crippen molar-refractivity contribution in [2.45, 2.75) is 12.8 Å². The number of aliphatic hydroxyl groups excluding tert-OH is 1. The third-order valence-corrected chi connectivity index (χ3v) is 3.53. The standard InChI is InChI=1S/C12H20N4O3/c1-14-11(18)3-2-10(13-14)12(19)16-6-4-15(5-7-16)8-9-17/h17H,2-9H2,1H3. The average Bonchev–Trinajstić information content (AvgIpc) is 2.42. The first-order valence-corrected chi connectivity index (χ1v) is 6.58. The molecule has 19 heavy (non-hydrogen) atoms. The number of aliphatic hydroxyl groups is 1. The summed E-state index contributed by atoms with van der Waals surface area (Å²) >= 11 is 0. The molecule has 0 atom stereocenters. The minimum atomic E-state index is -0.0667. The maximum absolute atomic E-state index is 12.3. The van der Waals surface area contributed by atoms with Crippen molar-refractivity contribution < 1.29 is 14.7 Å². The molecule has 0 aliphatic carbocycles. The molecule has 7 nitrogen and oxygen atoms in total. The number of hydrogen-bond acceptors (Lipinski definition) is 5. The van der Waals surface area contributed by atoms with Gasteiger partial charge in [0.15, 0.2) is 0 Å². The van der Waals surface area contributed by atoms with Crippen LogP contribution in [-0.2, 0) is 9.59 Å². The van der Waals surface area contributed by atoms with Crippen LogP contribution in [0.4, 0.5) is 0 Å². The molecule has 0 bridgehead atoms. The average molecular weight is 268 g/mol. The number of hydrazone groups is 1. The predicted octanol–water partition coefficient (Wildman–Crippen LogP) is -1.27. The number of β-amino-alcohol motifs (C(OH)–C–C–N with tert-alkyl or cyclic N) is 1. The maximum atomic E-state index is 12.3. The van der Waals surface area contributed by atoms with Crippen molar-refractivity contribution in [3.63, 3.8) is 0 Å². The summed E-state index contributed by atoms with van der Waals surface area (Å²) in [5, 5.41) is 14.2. The molecule has 2 rings (SSSR count). The summed E-state index contributed by atoms with van der Waals surface area (Å²) in [6, 6.07) is 0. The van der Waals surface area contributed by atoms with Crippen LogP contribution in [0.5, 0.6) is 0 Å². The largest absolute Gasteiger partial charge is 0.395 e. The molecule has 0 unspecified atom stereocenters. The second-order valence-corrected chi connectivity index (χ2v) is 4.82. The first-order chi connectivity index (χ1) is 9.11. The lowest BCUT2D eigenvalue weighted by Gasteiger charge is -2.35. The van der Waals surface area contributed by atoms with E-state index in [-0.39, 0.29) is 18.4 Å². The molecule has 7 heteroatoms. The van der Waals surface area contributed by atoms with Gasteiger partial charge in [-0.05, 0) is 0 Å². The summed E-state index contributed by atoms with van der Waals surface area (Å²) in [4.78, 5) is 27.5. The molecule has 106 valence electrons. The molecular weight excluding hydrogens is 248 g/mol. The summed E-state index contributed by atoms with van der Waals surface area (Å²) in [6.45, 7) is 3.64. The summed E-state index contributed by atoms with van der Waals surface area (Å²) in [5.41, 5.74) is 0.470. The van der Waals surface area contributed by atoms with Gasteiger partial charge in [-0.25, -0.2) is 5.01 Å². The Kier molecular flexibility index (Phi) is 4.49. The summed E-state index contributed by atoms with van der Waals surface area (Å²) in [7, 11) is 1.58. The Morgan fingerprint density at radius 1 is 1.26 bits per heavy atom. The Bertz CT molecular complexity index is 388. The summed E-state index contributed by atoms with van der Waals surface area (Å²) in [6.07, 6.45) is 0.782. The molecule has 0 aromatic rings. The quantitative estimate of drug-likeness (QED) is 0.692. The van der Waals surface area contributed by atoms with Gasteiger partial charge in [0.25, 0.3) is 5.91 Å². The highest BCUT2D eigenvalue weighted by atomic mass is 16.3. The van der Waals surface area contributed by atoms with E-state index in [4.69, 9.17) is 5.11 Å². The van der Waals surface area contributed by atoms with E-state index in [9.17, 15) is 9.59 Å². The van der Waals surface area contributed by atoms with Gasteiger partial charge in [0.1, 0.15) is 5.71 Å². The molecule has 0 aromatic carbocycles. The van der Waals surface area contributed by atoms with Crippen molar-refractivity contribution in [2.24, 2.45) is 5.10 Å². The fourth-order valence-electron chi connectivity index (χ4n) is 2.32. The number of amides is 2. The van der Waals surface area contributed by atoms with Crippen LogP contribution in [0.1, 0.15) is 12.8 Å². The van der Waals surface area contributed by atoms with Crippen molar-refractivity contribution in [3.05, 3.63) is 0 Å². The van der Waals surface area contributed by atoms with Crippen LogP contribution in [0.3, 0.4) is 0 Å². The van der Waals surface area contributed by atoms with E-state index in [0.29, 0.717) is 38.2 Å². The van der Waals surface area contributed by atoms with E-state index in [1.54, 1.807) is 11.9 Å². The monoisotopic (exact) mass is 268 g/mol. The lowest BCUT2D eigenvalue weighted by molar-refractivity contribution is -0.131. The second kappa shape index (κ2) is 6.12. The molecule has 0 saturated carbocycles. The third kappa shape index (κ3) is 3.30. The zero-order valence-electron chi connectivity index (χ0n) is 11.2. The SMILES string of the molecule is CN1N=C(C(=O)N2CCN(CCO)CC2)CCC1=O. The van der Waals surface area contributed by atoms with Crippen molar-refractivity contribution in [1.82, 2.24) is 14.8 Å². The number of hydrogen-bond donors (Lipinski definition) is 1. The highest BCUT2D eigenvalue weighted by molar-refractivity contribution is 6.39. The molecule has 1 fully saturated rings. The number of nitrogens with zero attached hydrogens (tertiary/aromatic N) is 4.